The zero-order chi connectivity index (χ0) is 16.4. The van der Waals surface area contributed by atoms with Gasteiger partial charge in [-0.3, -0.25) is 4.79 Å². The van der Waals surface area contributed by atoms with Gasteiger partial charge in [0.25, 0.3) is 0 Å². The number of thiophene rings is 1. The molecule has 0 aliphatic heterocycles. The smallest absolute Gasteiger partial charge is 0.336 e. The lowest BCUT2D eigenvalue weighted by molar-refractivity contribution is -0.144. The Morgan fingerprint density at radius 3 is 2.91 bits per heavy atom. The third-order valence-electron chi connectivity index (χ3n) is 3.54. The molecular formula is C17H14O5S. The van der Waals surface area contributed by atoms with Gasteiger partial charge in [0, 0.05) is 22.6 Å². The normalized spacial score (nSPS) is 10.8. The highest BCUT2D eigenvalue weighted by molar-refractivity contribution is 7.07. The van der Waals surface area contributed by atoms with E-state index in [2.05, 4.69) is 0 Å². The highest BCUT2D eigenvalue weighted by Crippen LogP contribution is 2.27. The Labute approximate surface area is 135 Å². The third-order valence-corrected chi connectivity index (χ3v) is 4.27. The highest BCUT2D eigenvalue weighted by atomic mass is 32.1. The summed E-state index contributed by atoms with van der Waals surface area (Å²) in [5.74, 6) is -0.312. The molecule has 2 aromatic heterocycles. The van der Waals surface area contributed by atoms with Crippen molar-refractivity contribution in [1.29, 1.82) is 0 Å². The van der Waals surface area contributed by atoms with Crippen molar-refractivity contribution < 1.29 is 19.1 Å². The molecule has 1 aromatic carbocycles. The summed E-state index contributed by atoms with van der Waals surface area (Å²) >= 11 is 1.52. The molecule has 0 amide bonds. The molecular weight excluding hydrogens is 316 g/mol. The molecule has 0 unspecified atom stereocenters. The number of esters is 1. The lowest BCUT2D eigenvalue weighted by atomic mass is 10.1. The van der Waals surface area contributed by atoms with Crippen LogP contribution < -0.4 is 5.63 Å². The van der Waals surface area contributed by atoms with E-state index in [-0.39, 0.29) is 24.7 Å². The monoisotopic (exact) mass is 330 g/mol. The minimum absolute atomic E-state index is 0.0186. The Bertz CT molecular complexity index is 909. The molecule has 2 heterocycles. The first kappa shape index (κ1) is 15.3. The number of ether oxygens (including phenoxy) is 1. The number of phenols is 1. The maximum absolute atomic E-state index is 11.9. The molecule has 0 atom stereocenters. The number of hydrogen-bond donors (Lipinski definition) is 1. The van der Waals surface area contributed by atoms with Crippen LogP contribution >= 0.6 is 11.3 Å². The standard InChI is InChI=1S/C17H14O5S/c1-10-14(18)3-2-13-12(7-16(20)22-17(10)13)8-21-15(19)6-11-4-5-23-9-11/h2-5,7,9,18H,6,8H2,1H3. The summed E-state index contributed by atoms with van der Waals surface area (Å²) < 4.78 is 10.4. The molecule has 0 fully saturated rings. The predicted molar refractivity (Wildman–Crippen MR) is 86.7 cm³/mol. The van der Waals surface area contributed by atoms with Gasteiger partial charge in [0.1, 0.15) is 17.9 Å². The Morgan fingerprint density at radius 1 is 1.35 bits per heavy atom. The molecule has 0 saturated carbocycles. The van der Waals surface area contributed by atoms with Gasteiger partial charge in [-0.15, -0.1) is 0 Å². The largest absolute Gasteiger partial charge is 0.508 e. The molecule has 1 N–H and O–H groups in total. The van der Waals surface area contributed by atoms with Crippen LogP contribution in [0.25, 0.3) is 11.0 Å². The second-order valence-corrected chi connectivity index (χ2v) is 5.93. The van der Waals surface area contributed by atoms with Crippen molar-refractivity contribution in [2.45, 2.75) is 20.0 Å². The SMILES string of the molecule is Cc1c(O)ccc2c(COC(=O)Cc3ccsc3)cc(=O)oc12. The third kappa shape index (κ3) is 3.27. The first-order valence-corrected chi connectivity index (χ1v) is 7.91. The number of carbonyl (C=O) groups excluding carboxylic acids is 1. The van der Waals surface area contributed by atoms with Crippen LogP contribution in [0.4, 0.5) is 0 Å². The van der Waals surface area contributed by atoms with Crippen molar-refractivity contribution >= 4 is 28.3 Å². The van der Waals surface area contributed by atoms with E-state index in [0.29, 0.717) is 22.1 Å². The average molecular weight is 330 g/mol. The van der Waals surface area contributed by atoms with E-state index in [0.717, 1.165) is 5.56 Å². The van der Waals surface area contributed by atoms with Crippen LogP contribution in [0.5, 0.6) is 5.75 Å². The zero-order valence-electron chi connectivity index (χ0n) is 12.4. The molecule has 23 heavy (non-hydrogen) atoms. The zero-order valence-corrected chi connectivity index (χ0v) is 13.2. The number of benzene rings is 1. The molecule has 0 saturated heterocycles. The van der Waals surface area contributed by atoms with Crippen LogP contribution in [0.2, 0.25) is 0 Å². The second kappa shape index (κ2) is 6.26. The van der Waals surface area contributed by atoms with Crippen molar-refractivity contribution in [3.8, 4) is 5.75 Å². The number of fused-ring (bicyclic) bond motifs is 1. The minimum Gasteiger partial charge on any atom is -0.508 e. The molecule has 118 valence electrons. The first-order valence-electron chi connectivity index (χ1n) is 6.96. The summed E-state index contributed by atoms with van der Waals surface area (Å²) in [6.45, 7) is 1.64. The van der Waals surface area contributed by atoms with Crippen LogP contribution in [-0.4, -0.2) is 11.1 Å². The van der Waals surface area contributed by atoms with Crippen LogP contribution in [-0.2, 0) is 22.6 Å². The van der Waals surface area contributed by atoms with E-state index < -0.39 is 5.63 Å². The van der Waals surface area contributed by atoms with Gasteiger partial charge in [-0.2, -0.15) is 11.3 Å². The van der Waals surface area contributed by atoms with Crippen LogP contribution in [0.1, 0.15) is 16.7 Å². The maximum atomic E-state index is 11.9. The molecule has 0 radical (unpaired) electrons. The molecule has 5 nitrogen and oxygen atoms in total. The molecule has 6 heteroatoms. The fraction of sp³-hybridized carbons (Fsp3) is 0.176. The van der Waals surface area contributed by atoms with E-state index in [1.54, 1.807) is 13.0 Å². The fourth-order valence-corrected chi connectivity index (χ4v) is 2.97. The van der Waals surface area contributed by atoms with Crippen LogP contribution in [0.15, 0.2) is 44.2 Å². The summed E-state index contributed by atoms with van der Waals surface area (Å²) in [6.07, 6.45) is 0.197. The first-order chi connectivity index (χ1) is 11.0. The van der Waals surface area contributed by atoms with Crippen molar-refractivity contribution in [2.75, 3.05) is 0 Å². The van der Waals surface area contributed by atoms with Crippen molar-refractivity contribution in [3.63, 3.8) is 0 Å². The van der Waals surface area contributed by atoms with E-state index >= 15 is 0 Å². The van der Waals surface area contributed by atoms with Crippen molar-refractivity contribution in [3.05, 3.63) is 62.1 Å². The molecule has 0 aliphatic carbocycles. The van der Waals surface area contributed by atoms with Crippen molar-refractivity contribution in [2.24, 2.45) is 0 Å². The van der Waals surface area contributed by atoms with Crippen LogP contribution in [0, 0.1) is 6.92 Å². The van der Waals surface area contributed by atoms with Crippen molar-refractivity contribution in [1.82, 2.24) is 0 Å². The number of hydrogen-bond acceptors (Lipinski definition) is 6. The summed E-state index contributed by atoms with van der Waals surface area (Å²) in [6, 6.07) is 6.33. The van der Waals surface area contributed by atoms with Crippen LogP contribution in [0.3, 0.4) is 0 Å². The summed E-state index contributed by atoms with van der Waals surface area (Å²) in [5.41, 5.74) is 1.69. The molecule has 3 aromatic rings. The summed E-state index contributed by atoms with van der Waals surface area (Å²) in [4.78, 5) is 23.5. The average Bonchev–Trinajstić information content (AvgIpc) is 3.02. The molecule has 0 bridgehead atoms. The number of aryl methyl sites for hydroxylation is 1. The predicted octanol–water partition coefficient (Wildman–Crippen LogP) is 3.15. The Balaban J connectivity index is 1.84. The van der Waals surface area contributed by atoms with Gasteiger partial charge in [0.05, 0.1) is 6.42 Å². The number of phenolic OH excluding ortho intramolecular Hbond substituents is 1. The molecule has 0 aliphatic rings. The van der Waals surface area contributed by atoms with Gasteiger partial charge < -0.3 is 14.3 Å². The summed E-state index contributed by atoms with van der Waals surface area (Å²) in [7, 11) is 0. The number of aromatic hydroxyl groups is 1. The Morgan fingerprint density at radius 2 is 2.17 bits per heavy atom. The quantitative estimate of drug-likeness (QED) is 0.587. The summed E-state index contributed by atoms with van der Waals surface area (Å²) in [5, 5.41) is 14.1. The Kier molecular flexibility index (Phi) is 4.16. The van der Waals surface area contributed by atoms with E-state index in [4.69, 9.17) is 9.15 Å². The number of carbonyl (C=O) groups is 1. The molecule has 3 rings (SSSR count). The fourth-order valence-electron chi connectivity index (χ4n) is 2.30. The van der Waals surface area contributed by atoms with Gasteiger partial charge in [-0.1, -0.05) is 0 Å². The minimum atomic E-state index is -0.546. The lowest BCUT2D eigenvalue weighted by Gasteiger charge is -2.09. The van der Waals surface area contributed by atoms with E-state index in [1.165, 1.54) is 23.5 Å². The Hall–Kier alpha value is -2.60. The topological polar surface area (TPSA) is 76.7 Å². The van der Waals surface area contributed by atoms with Gasteiger partial charge in [0.2, 0.25) is 0 Å². The van der Waals surface area contributed by atoms with Gasteiger partial charge >= 0.3 is 11.6 Å². The highest BCUT2D eigenvalue weighted by Gasteiger charge is 2.12. The maximum Gasteiger partial charge on any atom is 0.336 e. The lowest BCUT2D eigenvalue weighted by Crippen LogP contribution is -2.09. The van der Waals surface area contributed by atoms with Gasteiger partial charge in [-0.25, -0.2) is 4.79 Å². The molecule has 0 spiro atoms. The number of rotatable bonds is 4. The van der Waals surface area contributed by atoms with Gasteiger partial charge in [-0.05, 0) is 41.4 Å². The van der Waals surface area contributed by atoms with E-state index in [1.807, 2.05) is 16.8 Å². The second-order valence-electron chi connectivity index (χ2n) is 5.15. The van der Waals surface area contributed by atoms with E-state index in [9.17, 15) is 14.7 Å². The van der Waals surface area contributed by atoms with Gasteiger partial charge in [0.15, 0.2) is 0 Å².